The number of nitrogens with one attached hydrogen (secondary N) is 1. The summed E-state index contributed by atoms with van der Waals surface area (Å²) in [5, 5.41) is 12.5. The van der Waals surface area contributed by atoms with E-state index < -0.39 is 0 Å². The molecule has 1 unspecified atom stereocenters. The second-order valence-corrected chi connectivity index (χ2v) is 6.28. The van der Waals surface area contributed by atoms with Gasteiger partial charge in [-0.15, -0.1) is 0 Å². The Morgan fingerprint density at radius 2 is 2.26 bits per heavy atom. The summed E-state index contributed by atoms with van der Waals surface area (Å²) in [7, 11) is 2.10. The Morgan fingerprint density at radius 3 is 2.84 bits per heavy atom. The maximum absolute atomic E-state index is 12.0. The van der Waals surface area contributed by atoms with Crippen LogP contribution in [0.3, 0.4) is 0 Å². The molecule has 1 aliphatic carbocycles. The molecule has 0 radical (unpaired) electrons. The molecule has 2 N–H and O–H groups in total. The Hall–Kier alpha value is -0.820. The fourth-order valence-electron chi connectivity index (χ4n) is 1.98. The first-order valence-corrected chi connectivity index (χ1v) is 7.55. The molecule has 1 aromatic carbocycles. The average Bonchev–Trinajstić information content (AvgIpc) is 3.22. The topological polar surface area (TPSA) is 52.6 Å². The lowest BCUT2D eigenvalue weighted by atomic mass is 10.2. The molecule has 4 nitrogen and oxygen atoms in total. The molecular formula is C14H19IN2O2. The minimum absolute atomic E-state index is 0.136. The first kappa shape index (κ1) is 14.6. The van der Waals surface area contributed by atoms with Gasteiger partial charge in [-0.25, -0.2) is 0 Å². The van der Waals surface area contributed by atoms with Crippen molar-refractivity contribution in [3.8, 4) is 5.75 Å². The highest BCUT2D eigenvalue weighted by atomic mass is 127. The first-order chi connectivity index (χ1) is 8.99. The molecule has 0 aromatic heterocycles. The van der Waals surface area contributed by atoms with Crippen LogP contribution in [0.2, 0.25) is 0 Å². The highest BCUT2D eigenvalue weighted by Gasteiger charge is 2.29. The third-order valence-corrected chi connectivity index (χ3v) is 4.50. The number of carbonyl (C=O) groups excluding carboxylic acids is 1. The summed E-state index contributed by atoms with van der Waals surface area (Å²) in [6.07, 6.45) is 2.53. The van der Waals surface area contributed by atoms with Crippen LogP contribution in [0.1, 0.15) is 30.1 Å². The summed E-state index contributed by atoms with van der Waals surface area (Å²) in [5.41, 5.74) is 0.499. The van der Waals surface area contributed by atoms with Crippen LogP contribution in [0.15, 0.2) is 18.2 Å². The van der Waals surface area contributed by atoms with Gasteiger partial charge in [-0.1, -0.05) is 0 Å². The van der Waals surface area contributed by atoms with E-state index in [1.165, 1.54) is 18.9 Å². The summed E-state index contributed by atoms with van der Waals surface area (Å²) in [4.78, 5) is 14.3. The van der Waals surface area contributed by atoms with Crippen LogP contribution in [-0.4, -0.2) is 41.6 Å². The first-order valence-electron chi connectivity index (χ1n) is 6.47. The summed E-state index contributed by atoms with van der Waals surface area (Å²) < 4.78 is 0.746. The van der Waals surface area contributed by atoms with Crippen molar-refractivity contribution in [2.45, 2.75) is 31.8 Å². The Bertz CT molecular complexity index is 475. The van der Waals surface area contributed by atoms with Crippen molar-refractivity contribution in [2.75, 3.05) is 13.6 Å². The van der Waals surface area contributed by atoms with Crippen LogP contribution in [0.25, 0.3) is 0 Å². The van der Waals surface area contributed by atoms with Crippen molar-refractivity contribution in [3.05, 3.63) is 27.3 Å². The van der Waals surface area contributed by atoms with E-state index in [1.54, 1.807) is 12.1 Å². The van der Waals surface area contributed by atoms with E-state index in [1.807, 2.05) is 22.6 Å². The molecule has 0 saturated heterocycles. The highest BCUT2D eigenvalue weighted by Crippen LogP contribution is 2.26. The van der Waals surface area contributed by atoms with Crippen molar-refractivity contribution in [2.24, 2.45) is 0 Å². The third-order valence-electron chi connectivity index (χ3n) is 3.58. The second-order valence-electron chi connectivity index (χ2n) is 5.12. The minimum atomic E-state index is -0.136. The predicted molar refractivity (Wildman–Crippen MR) is 83.4 cm³/mol. The van der Waals surface area contributed by atoms with Crippen LogP contribution < -0.4 is 5.32 Å². The van der Waals surface area contributed by atoms with Gasteiger partial charge in [0.1, 0.15) is 5.75 Å². The van der Waals surface area contributed by atoms with E-state index >= 15 is 0 Å². The predicted octanol–water partition coefficient (Wildman–Crippen LogP) is 2.21. The van der Waals surface area contributed by atoms with Crippen LogP contribution in [0.4, 0.5) is 0 Å². The summed E-state index contributed by atoms with van der Waals surface area (Å²) >= 11 is 2.03. The minimum Gasteiger partial charge on any atom is -0.507 e. The van der Waals surface area contributed by atoms with E-state index in [9.17, 15) is 9.90 Å². The number of carbonyl (C=O) groups is 1. The molecule has 1 amide bonds. The van der Waals surface area contributed by atoms with Gasteiger partial charge in [0, 0.05) is 24.2 Å². The molecule has 104 valence electrons. The van der Waals surface area contributed by atoms with Crippen molar-refractivity contribution >= 4 is 28.5 Å². The third kappa shape index (κ3) is 3.82. The number of hydrogen-bond donors (Lipinski definition) is 2. The van der Waals surface area contributed by atoms with Gasteiger partial charge in [0.15, 0.2) is 0 Å². The molecule has 0 heterocycles. The van der Waals surface area contributed by atoms with Crippen LogP contribution in [-0.2, 0) is 0 Å². The van der Waals surface area contributed by atoms with Gasteiger partial charge in [0.2, 0.25) is 0 Å². The van der Waals surface area contributed by atoms with Crippen molar-refractivity contribution in [1.82, 2.24) is 10.2 Å². The summed E-state index contributed by atoms with van der Waals surface area (Å²) in [6.45, 7) is 2.74. The molecule has 19 heavy (non-hydrogen) atoms. The number of phenolic OH excluding ortho intramolecular Hbond substituents is 1. The van der Waals surface area contributed by atoms with Crippen molar-refractivity contribution in [1.29, 1.82) is 0 Å². The smallest absolute Gasteiger partial charge is 0.251 e. The Balaban J connectivity index is 1.88. The highest BCUT2D eigenvalue weighted by molar-refractivity contribution is 14.1. The van der Waals surface area contributed by atoms with Gasteiger partial charge >= 0.3 is 0 Å². The Labute approximate surface area is 127 Å². The second kappa shape index (κ2) is 6.09. The SMILES string of the molecule is CC(CNC(=O)c1ccc(I)c(O)c1)N(C)C1CC1. The number of rotatable bonds is 5. The molecular weight excluding hydrogens is 355 g/mol. The molecule has 2 rings (SSSR count). The number of aromatic hydroxyl groups is 1. The molecule has 1 aromatic rings. The molecule has 0 spiro atoms. The van der Waals surface area contributed by atoms with E-state index in [-0.39, 0.29) is 11.7 Å². The quantitative estimate of drug-likeness (QED) is 0.778. The van der Waals surface area contributed by atoms with E-state index in [0.29, 0.717) is 24.2 Å². The number of hydrogen-bond acceptors (Lipinski definition) is 3. The lowest BCUT2D eigenvalue weighted by molar-refractivity contribution is 0.0939. The normalized spacial score (nSPS) is 16.4. The van der Waals surface area contributed by atoms with Gasteiger partial charge < -0.3 is 10.4 Å². The van der Waals surface area contributed by atoms with Gasteiger partial charge in [0.05, 0.1) is 3.57 Å². The van der Waals surface area contributed by atoms with Gasteiger partial charge in [-0.3, -0.25) is 9.69 Å². The van der Waals surface area contributed by atoms with E-state index in [4.69, 9.17) is 0 Å². The molecule has 1 aliphatic rings. The Morgan fingerprint density at radius 1 is 1.58 bits per heavy atom. The lowest BCUT2D eigenvalue weighted by Gasteiger charge is -2.24. The van der Waals surface area contributed by atoms with Crippen LogP contribution >= 0.6 is 22.6 Å². The van der Waals surface area contributed by atoms with E-state index in [0.717, 1.165) is 3.57 Å². The summed E-state index contributed by atoms with van der Waals surface area (Å²) in [5.74, 6) is 0.0131. The Kier molecular flexibility index (Phi) is 4.67. The molecule has 5 heteroatoms. The average molecular weight is 374 g/mol. The molecule has 1 saturated carbocycles. The number of phenols is 1. The molecule has 0 aliphatic heterocycles. The molecule has 1 atom stereocenters. The number of likely N-dealkylation sites (N-methyl/N-ethyl adjacent to an activating group) is 1. The van der Waals surface area contributed by atoms with E-state index in [2.05, 4.69) is 24.2 Å². The number of nitrogens with zero attached hydrogens (tertiary/aromatic N) is 1. The zero-order valence-electron chi connectivity index (χ0n) is 11.2. The molecule has 0 bridgehead atoms. The number of amides is 1. The van der Waals surface area contributed by atoms with Crippen molar-refractivity contribution in [3.63, 3.8) is 0 Å². The van der Waals surface area contributed by atoms with Gasteiger partial charge in [0.25, 0.3) is 5.91 Å². The van der Waals surface area contributed by atoms with Gasteiger partial charge in [-0.2, -0.15) is 0 Å². The zero-order chi connectivity index (χ0) is 14.0. The maximum atomic E-state index is 12.0. The summed E-state index contributed by atoms with van der Waals surface area (Å²) in [6, 6.07) is 5.99. The largest absolute Gasteiger partial charge is 0.507 e. The lowest BCUT2D eigenvalue weighted by Crippen LogP contribution is -2.41. The van der Waals surface area contributed by atoms with Crippen LogP contribution in [0, 0.1) is 3.57 Å². The fourth-order valence-corrected chi connectivity index (χ4v) is 2.32. The fraction of sp³-hybridized carbons (Fsp3) is 0.500. The number of benzene rings is 1. The maximum Gasteiger partial charge on any atom is 0.251 e. The van der Waals surface area contributed by atoms with Crippen molar-refractivity contribution < 1.29 is 9.90 Å². The van der Waals surface area contributed by atoms with Crippen LogP contribution in [0.5, 0.6) is 5.75 Å². The monoisotopic (exact) mass is 374 g/mol. The zero-order valence-corrected chi connectivity index (χ0v) is 13.3. The number of halogens is 1. The standard InChI is InChI=1S/C14H19IN2O2/c1-9(17(2)11-4-5-11)8-16-14(19)10-3-6-12(15)13(18)7-10/h3,6-7,9,11,18H,4-5,8H2,1-2H3,(H,16,19). The molecule has 1 fully saturated rings. The van der Waals surface area contributed by atoms with Gasteiger partial charge in [-0.05, 0) is 67.6 Å².